The van der Waals surface area contributed by atoms with Gasteiger partial charge in [-0.25, -0.2) is 0 Å². The highest BCUT2D eigenvalue weighted by molar-refractivity contribution is 7.55. The molecule has 7 nitrogen and oxygen atoms in total. The molecular weight excluding hydrogens is 209 g/mol. The van der Waals surface area contributed by atoms with Crippen LogP contribution in [-0.4, -0.2) is 10.2 Å². The van der Waals surface area contributed by atoms with E-state index in [9.17, 15) is 19.7 Å². The first-order valence-electron chi connectivity index (χ1n) is 3.49. The third kappa shape index (κ3) is 2.53. The Labute approximate surface area is 79.5 Å². The summed E-state index contributed by atoms with van der Waals surface area (Å²) in [6, 6.07) is 2.16. The molecule has 0 heterocycles. The molecule has 0 saturated heterocycles. The average Bonchev–Trinajstić information content (AvgIpc) is 1.95. The van der Waals surface area contributed by atoms with Crippen molar-refractivity contribution < 1.29 is 19.7 Å². The second-order valence-corrected chi connectivity index (χ2v) is 4.06. The quantitative estimate of drug-likeness (QED) is 0.256. The summed E-state index contributed by atoms with van der Waals surface area (Å²) >= 11 is 0. The number of nitrogens with one attached hydrogen (secondary N) is 1. The van der Waals surface area contributed by atoms with Gasteiger partial charge >= 0.3 is 0 Å². The molecule has 0 radical (unpaired) electrons. The van der Waals surface area contributed by atoms with Crippen LogP contribution in [0, 0.1) is 0 Å². The highest BCUT2D eigenvalue weighted by Crippen LogP contribution is 2.40. The number of hydrogen-bond acceptors (Lipinski definition) is 5. The number of rotatable bonds is 2. The molecule has 0 aliphatic carbocycles. The minimum Gasteiger partial charge on any atom is -0.772 e. The fourth-order valence-corrected chi connectivity index (χ4v) is 1.44. The van der Waals surface area contributed by atoms with Crippen LogP contribution in [0.1, 0.15) is 0 Å². The molecule has 0 saturated carbocycles. The van der Waals surface area contributed by atoms with Crippen molar-refractivity contribution in [2.75, 3.05) is 10.8 Å². The third-order valence-electron chi connectivity index (χ3n) is 1.39. The predicted molar refractivity (Wildman–Crippen MR) is 49.6 cm³/mol. The Morgan fingerprint density at radius 2 is 1.79 bits per heavy atom. The molecule has 0 aliphatic rings. The molecule has 14 heavy (non-hydrogen) atoms. The van der Waals surface area contributed by atoms with Crippen molar-refractivity contribution in [1.29, 1.82) is 0 Å². The van der Waals surface area contributed by atoms with E-state index in [1.54, 1.807) is 5.09 Å². The topological polar surface area (TPSA) is 145 Å². The van der Waals surface area contributed by atoms with Gasteiger partial charge < -0.3 is 25.9 Å². The van der Waals surface area contributed by atoms with Gasteiger partial charge in [-0.3, -0.25) is 10.1 Å². The summed E-state index contributed by atoms with van der Waals surface area (Å²) in [6.45, 7) is 0. The minimum atomic E-state index is -4.32. The van der Waals surface area contributed by atoms with E-state index in [0.717, 1.165) is 12.1 Å². The van der Waals surface area contributed by atoms with Gasteiger partial charge in [0.25, 0.3) is 0 Å². The van der Waals surface area contributed by atoms with E-state index in [-0.39, 0.29) is 11.4 Å². The summed E-state index contributed by atoms with van der Waals surface area (Å²) in [6.07, 6.45) is 0. The van der Waals surface area contributed by atoms with Gasteiger partial charge in [0.05, 0.1) is 0 Å². The standard InChI is InChI=1S/C6H10N3O4P/c7-3-1-4(10)6(5(11)2-3)9-14(8,12)13/h1-2,10-11H,7H2,(H4,8,9,12,13)/p-1. The first-order valence-corrected chi connectivity index (χ1v) is 5.18. The first-order chi connectivity index (χ1) is 6.29. The molecule has 0 spiro atoms. The molecule has 0 aliphatic heterocycles. The molecule has 78 valence electrons. The summed E-state index contributed by atoms with van der Waals surface area (Å²) in [5.41, 5.74) is 9.66. The second-order valence-electron chi connectivity index (χ2n) is 2.64. The Morgan fingerprint density at radius 3 is 2.14 bits per heavy atom. The number of nitrogen functional groups attached to an aromatic ring is 1. The van der Waals surface area contributed by atoms with Crippen molar-refractivity contribution in [2.24, 2.45) is 5.50 Å². The Morgan fingerprint density at radius 1 is 1.36 bits per heavy atom. The number of phenolic OH excluding ortho intramolecular Hbond substituents is 2. The number of nitrogens with two attached hydrogens (primary N) is 2. The minimum absolute atomic E-state index is 0.100. The molecule has 0 aromatic heterocycles. The highest BCUT2D eigenvalue weighted by Gasteiger charge is 2.11. The van der Waals surface area contributed by atoms with Gasteiger partial charge in [0.2, 0.25) is 0 Å². The van der Waals surface area contributed by atoms with Gasteiger partial charge in [-0.2, -0.15) is 0 Å². The van der Waals surface area contributed by atoms with Crippen LogP contribution in [0.3, 0.4) is 0 Å². The van der Waals surface area contributed by atoms with Crippen molar-refractivity contribution in [3.63, 3.8) is 0 Å². The van der Waals surface area contributed by atoms with E-state index in [2.05, 4.69) is 5.50 Å². The van der Waals surface area contributed by atoms with Crippen molar-refractivity contribution in [1.82, 2.24) is 0 Å². The van der Waals surface area contributed by atoms with E-state index in [1.807, 2.05) is 0 Å². The van der Waals surface area contributed by atoms with Crippen LogP contribution >= 0.6 is 7.67 Å². The lowest BCUT2D eigenvalue weighted by Crippen LogP contribution is -2.17. The van der Waals surface area contributed by atoms with E-state index >= 15 is 0 Å². The zero-order chi connectivity index (χ0) is 10.9. The lowest BCUT2D eigenvalue weighted by atomic mass is 10.2. The Hall–Kier alpha value is -1.43. The molecule has 1 rings (SSSR count). The van der Waals surface area contributed by atoms with Gasteiger partial charge in [0, 0.05) is 17.8 Å². The number of anilines is 2. The van der Waals surface area contributed by atoms with Crippen molar-refractivity contribution >= 4 is 19.0 Å². The molecule has 1 aromatic rings. The number of benzene rings is 1. The predicted octanol–water partition coefficient (Wildman–Crippen LogP) is -0.481. The summed E-state index contributed by atoms with van der Waals surface area (Å²) in [7, 11) is -4.32. The van der Waals surface area contributed by atoms with Crippen LogP contribution in [0.4, 0.5) is 11.4 Å². The van der Waals surface area contributed by atoms with Crippen LogP contribution in [0.5, 0.6) is 11.5 Å². The molecule has 7 N–H and O–H groups in total. The number of phenols is 2. The zero-order valence-corrected chi connectivity index (χ0v) is 7.86. The number of aromatic hydroxyl groups is 2. The van der Waals surface area contributed by atoms with E-state index in [1.165, 1.54) is 0 Å². The van der Waals surface area contributed by atoms with Crippen LogP contribution in [0.15, 0.2) is 12.1 Å². The van der Waals surface area contributed by atoms with Crippen LogP contribution in [0.2, 0.25) is 0 Å². The maximum Gasteiger partial charge on any atom is 0.165 e. The highest BCUT2D eigenvalue weighted by atomic mass is 31.2. The van der Waals surface area contributed by atoms with E-state index in [4.69, 9.17) is 5.73 Å². The summed E-state index contributed by atoms with van der Waals surface area (Å²) in [5, 5.41) is 20.2. The Bertz CT molecular complexity index is 379. The molecule has 0 bridgehead atoms. The fourth-order valence-electron chi connectivity index (χ4n) is 0.903. The Balaban J connectivity index is 3.15. The molecule has 1 unspecified atom stereocenters. The lowest BCUT2D eigenvalue weighted by Gasteiger charge is -2.21. The van der Waals surface area contributed by atoms with Gasteiger partial charge in [0.15, 0.2) is 7.67 Å². The molecule has 1 atom stereocenters. The van der Waals surface area contributed by atoms with Gasteiger partial charge in [-0.1, -0.05) is 0 Å². The first kappa shape index (κ1) is 10.6. The van der Waals surface area contributed by atoms with Gasteiger partial charge in [-0.15, -0.1) is 0 Å². The SMILES string of the molecule is Nc1cc(O)c(NP(N)(=O)[O-])c(O)c1. The van der Waals surface area contributed by atoms with E-state index in [0.29, 0.717) is 0 Å². The van der Waals surface area contributed by atoms with Crippen molar-refractivity contribution in [3.8, 4) is 11.5 Å². The number of hydrogen-bond donors (Lipinski definition) is 5. The van der Waals surface area contributed by atoms with Crippen molar-refractivity contribution in [2.45, 2.75) is 0 Å². The molecule has 8 heteroatoms. The largest absolute Gasteiger partial charge is 0.772 e. The van der Waals surface area contributed by atoms with E-state index < -0.39 is 19.2 Å². The van der Waals surface area contributed by atoms with Gasteiger partial charge in [0.1, 0.15) is 17.2 Å². The molecule has 0 fully saturated rings. The zero-order valence-electron chi connectivity index (χ0n) is 6.97. The summed E-state index contributed by atoms with van der Waals surface area (Å²) in [5.74, 6) is -0.993. The maximum atomic E-state index is 10.6. The van der Waals surface area contributed by atoms with Crippen LogP contribution in [-0.2, 0) is 4.57 Å². The second kappa shape index (κ2) is 3.38. The van der Waals surface area contributed by atoms with Gasteiger partial charge in [-0.05, 0) is 0 Å². The molecular formula is C6H9N3O4P-. The summed E-state index contributed by atoms with van der Waals surface area (Å²) < 4.78 is 10.6. The Kier molecular flexibility index (Phi) is 2.57. The summed E-state index contributed by atoms with van der Waals surface area (Å²) in [4.78, 5) is 10.6. The van der Waals surface area contributed by atoms with Crippen molar-refractivity contribution in [3.05, 3.63) is 12.1 Å². The normalized spacial score (nSPS) is 14.7. The molecule has 0 amide bonds. The maximum absolute atomic E-state index is 10.6. The third-order valence-corrected chi connectivity index (χ3v) is 1.92. The fraction of sp³-hybridized carbons (Fsp3) is 0. The van der Waals surface area contributed by atoms with Crippen LogP contribution < -0.4 is 21.2 Å². The molecule has 1 aromatic carbocycles. The van der Waals surface area contributed by atoms with Crippen LogP contribution in [0.25, 0.3) is 0 Å². The average molecular weight is 218 g/mol. The monoisotopic (exact) mass is 218 g/mol. The lowest BCUT2D eigenvalue weighted by molar-refractivity contribution is -0.173. The smallest absolute Gasteiger partial charge is 0.165 e.